The smallest absolute Gasteiger partial charge is 0.00928 e. The summed E-state index contributed by atoms with van der Waals surface area (Å²) < 4.78 is 0. The molecule has 2 aliphatic rings. The van der Waals surface area contributed by atoms with Gasteiger partial charge < -0.3 is 5.32 Å². The predicted octanol–water partition coefficient (Wildman–Crippen LogP) is 3.74. The van der Waals surface area contributed by atoms with Crippen LogP contribution in [0.15, 0.2) is 0 Å². The number of piperidine rings is 1. The van der Waals surface area contributed by atoms with Gasteiger partial charge in [0, 0.05) is 6.04 Å². The van der Waals surface area contributed by atoms with Gasteiger partial charge in [-0.25, -0.2) is 0 Å². The summed E-state index contributed by atoms with van der Waals surface area (Å²) in [6.07, 6.45) is 13.3. The maximum atomic E-state index is 3.71. The normalized spacial score (nSPS) is 34.2. The van der Waals surface area contributed by atoms with Crippen molar-refractivity contribution in [3.05, 3.63) is 0 Å². The van der Waals surface area contributed by atoms with Gasteiger partial charge >= 0.3 is 0 Å². The molecule has 15 heavy (non-hydrogen) atoms. The molecule has 0 aromatic heterocycles. The molecule has 0 aromatic carbocycles. The lowest BCUT2D eigenvalue weighted by Crippen LogP contribution is -2.41. The summed E-state index contributed by atoms with van der Waals surface area (Å²) in [5, 5.41) is 3.71. The number of nitrogens with one attached hydrogen (secondary N) is 1. The van der Waals surface area contributed by atoms with Crippen LogP contribution in [0.5, 0.6) is 0 Å². The molecule has 0 spiro atoms. The molecule has 2 atom stereocenters. The monoisotopic (exact) mass is 209 g/mol. The number of hydrogen-bond donors (Lipinski definition) is 1. The molecular formula is C14H27N. The van der Waals surface area contributed by atoms with E-state index < -0.39 is 0 Å². The van der Waals surface area contributed by atoms with Crippen LogP contribution in [-0.2, 0) is 0 Å². The van der Waals surface area contributed by atoms with Gasteiger partial charge in [0.25, 0.3) is 0 Å². The minimum atomic E-state index is 0.834. The van der Waals surface area contributed by atoms with Crippen molar-refractivity contribution >= 4 is 0 Å². The lowest BCUT2D eigenvalue weighted by atomic mass is 9.77. The number of hydrogen-bond acceptors (Lipinski definition) is 1. The van der Waals surface area contributed by atoms with Crippen LogP contribution < -0.4 is 5.32 Å². The van der Waals surface area contributed by atoms with Crippen molar-refractivity contribution in [3.63, 3.8) is 0 Å². The van der Waals surface area contributed by atoms with E-state index in [2.05, 4.69) is 12.2 Å². The third-order valence-electron chi connectivity index (χ3n) is 4.53. The minimum Gasteiger partial charge on any atom is -0.314 e. The molecule has 0 amide bonds. The van der Waals surface area contributed by atoms with Gasteiger partial charge in [0.05, 0.1) is 0 Å². The van der Waals surface area contributed by atoms with Crippen LogP contribution in [0.1, 0.15) is 64.7 Å². The summed E-state index contributed by atoms with van der Waals surface area (Å²) in [7, 11) is 0. The SMILES string of the molecule is CCC1NCCCC1CC1CCCCC1. The molecule has 1 saturated carbocycles. The first-order valence-corrected chi connectivity index (χ1v) is 7.13. The zero-order valence-electron chi connectivity index (χ0n) is 10.3. The second-order valence-electron chi connectivity index (χ2n) is 5.61. The topological polar surface area (TPSA) is 12.0 Å². The Bertz CT molecular complexity index is 172. The summed E-state index contributed by atoms with van der Waals surface area (Å²) in [5.74, 6) is 2.06. The summed E-state index contributed by atoms with van der Waals surface area (Å²) in [4.78, 5) is 0. The molecular weight excluding hydrogens is 182 g/mol. The molecule has 2 unspecified atom stereocenters. The van der Waals surface area contributed by atoms with Crippen LogP contribution in [-0.4, -0.2) is 12.6 Å². The maximum Gasteiger partial charge on any atom is 0.00928 e. The van der Waals surface area contributed by atoms with Gasteiger partial charge in [-0.05, 0) is 44.1 Å². The van der Waals surface area contributed by atoms with Crippen LogP contribution in [0.3, 0.4) is 0 Å². The molecule has 1 heteroatoms. The van der Waals surface area contributed by atoms with Gasteiger partial charge in [-0.2, -0.15) is 0 Å². The van der Waals surface area contributed by atoms with Gasteiger partial charge in [-0.15, -0.1) is 0 Å². The van der Waals surface area contributed by atoms with E-state index in [0.29, 0.717) is 0 Å². The zero-order valence-corrected chi connectivity index (χ0v) is 10.3. The molecule has 0 aromatic rings. The van der Waals surface area contributed by atoms with Gasteiger partial charge in [0.2, 0.25) is 0 Å². The van der Waals surface area contributed by atoms with E-state index in [0.717, 1.165) is 17.9 Å². The van der Waals surface area contributed by atoms with E-state index in [1.54, 1.807) is 0 Å². The highest BCUT2D eigenvalue weighted by atomic mass is 14.9. The van der Waals surface area contributed by atoms with Crippen molar-refractivity contribution in [2.24, 2.45) is 11.8 Å². The molecule has 1 aliphatic carbocycles. The molecule has 0 bridgehead atoms. The largest absolute Gasteiger partial charge is 0.314 e. The van der Waals surface area contributed by atoms with Gasteiger partial charge in [-0.1, -0.05) is 39.0 Å². The molecule has 2 rings (SSSR count). The van der Waals surface area contributed by atoms with E-state index in [1.807, 2.05) is 0 Å². The van der Waals surface area contributed by atoms with Crippen molar-refractivity contribution in [1.82, 2.24) is 5.32 Å². The highest BCUT2D eigenvalue weighted by Gasteiger charge is 2.26. The van der Waals surface area contributed by atoms with Crippen molar-refractivity contribution in [2.75, 3.05) is 6.54 Å². The highest BCUT2D eigenvalue weighted by molar-refractivity contribution is 4.82. The van der Waals surface area contributed by atoms with Crippen molar-refractivity contribution in [2.45, 2.75) is 70.8 Å². The summed E-state index contributed by atoms with van der Waals surface area (Å²) in [6, 6.07) is 0.834. The fraction of sp³-hybridized carbons (Fsp3) is 1.00. The van der Waals surface area contributed by atoms with Crippen molar-refractivity contribution < 1.29 is 0 Å². The van der Waals surface area contributed by atoms with E-state index in [-0.39, 0.29) is 0 Å². The molecule has 1 saturated heterocycles. The van der Waals surface area contributed by atoms with Crippen LogP contribution in [0.4, 0.5) is 0 Å². The Balaban J connectivity index is 1.79. The third kappa shape index (κ3) is 3.21. The molecule has 1 N–H and O–H groups in total. The molecule has 1 aliphatic heterocycles. The van der Waals surface area contributed by atoms with E-state index in [4.69, 9.17) is 0 Å². The lowest BCUT2D eigenvalue weighted by Gasteiger charge is -2.35. The van der Waals surface area contributed by atoms with Crippen LogP contribution in [0.25, 0.3) is 0 Å². The zero-order chi connectivity index (χ0) is 10.5. The van der Waals surface area contributed by atoms with E-state index in [1.165, 1.54) is 64.3 Å². The first-order chi connectivity index (χ1) is 7.40. The molecule has 88 valence electrons. The second kappa shape index (κ2) is 5.89. The predicted molar refractivity (Wildman–Crippen MR) is 66.0 cm³/mol. The summed E-state index contributed by atoms with van der Waals surface area (Å²) >= 11 is 0. The van der Waals surface area contributed by atoms with Crippen LogP contribution in [0.2, 0.25) is 0 Å². The van der Waals surface area contributed by atoms with Crippen molar-refractivity contribution in [1.29, 1.82) is 0 Å². The Morgan fingerprint density at radius 1 is 1.00 bits per heavy atom. The molecule has 0 radical (unpaired) electrons. The fourth-order valence-corrected chi connectivity index (χ4v) is 3.63. The summed E-state index contributed by atoms with van der Waals surface area (Å²) in [6.45, 7) is 3.61. The average Bonchev–Trinajstić information content (AvgIpc) is 2.31. The minimum absolute atomic E-state index is 0.834. The second-order valence-corrected chi connectivity index (χ2v) is 5.61. The lowest BCUT2D eigenvalue weighted by molar-refractivity contribution is 0.203. The quantitative estimate of drug-likeness (QED) is 0.746. The third-order valence-corrected chi connectivity index (χ3v) is 4.53. The number of rotatable bonds is 3. The first kappa shape index (κ1) is 11.4. The first-order valence-electron chi connectivity index (χ1n) is 7.13. The van der Waals surface area contributed by atoms with E-state index >= 15 is 0 Å². The van der Waals surface area contributed by atoms with Crippen LogP contribution >= 0.6 is 0 Å². The van der Waals surface area contributed by atoms with Gasteiger partial charge in [0.15, 0.2) is 0 Å². The van der Waals surface area contributed by atoms with Gasteiger partial charge in [0.1, 0.15) is 0 Å². The Morgan fingerprint density at radius 2 is 1.80 bits per heavy atom. The van der Waals surface area contributed by atoms with Crippen molar-refractivity contribution in [3.8, 4) is 0 Å². The Morgan fingerprint density at radius 3 is 2.53 bits per heavy atom. The van der Waals surface area contributed by atoms with Gasteiger partial charge in [-0.3, -0.25) is 0 Å². The Labute approximate surface area is 95.0 Å². The Kier molecular flexibility index (Phi) is 4.49. The molecule has 1 heterocycles. The maximum absolute atomic E-state index is 3.71. The molecule has 1 nitrogen and oxygen atoms in total. The fourth-order valence-electron chi connectivity index (χ4n) is 3.63. The average molecular weight is 209 g/mol. The van der Waals surface area contributed by atoms with E-state index in [9.17, 15) is 0 Å². The Hall–Kier alpha value is -0.0400. The standard InChI is InChI=1S/C14H27N/c1-2-14-13(9-6-10-15-14)11-12-7-4-3-5-8-12/h12-15H,2-11H2,1H3. The highest BCUT2D eigenvalue weighted by Crippen LogP contribution is 2.33. The van der Waals surface area contributed by atoms with Crippen LogP contribution in [0, 0.1) is 11.8 Å². The molecule has 2 fully saturated rings. The summed E-state index contributed by atoms with van der Waals surface area (Å²) in [5.41, 5.74) is 0.